The average molecular weight is 291 g/mol. The van der Waals surface area contributed by atoms with Gasteiger partial charge in [0, 0.05) is 17.9 Å². The molecule has 0 bridgehead atoms. The Hall–Kier alpha value is -1.12. The van der Waals surface area contributed by atoms with Crippen molar-refractivity contribution in [3.63, 3.8) is 0 Å². The third kappa shape index (κ3) is 3.71. The summed E-state index contributed by atoms with van der Waals surface area (Å²) in [6, 6.07) is 0.763. The molecule has 0 unspecified atom stereocenters. The summed E-state index contributed by atoms with van der Waals surface area (Å²) in [5.41, 5.74) is -4.12. The van der Waals surface area contributed by atoms with E-state index in [1.165, 1.54) is 27.7 Å². The van der Waals surface area contributed by atoms with Crippen molar-refractivity contribution in [1.29, 1.82) is 0 Å². The van der Waals surface area contributed by atoms with Crippen molar-refractivity contribution < 1.29 is 28.0 Å². The molecule has 1 aromatic heterocycles. The van der Waals surface area contributed by atoms with E-state index in [1.54, 1.807) is 0 Å². The summed E-state index contributed by atoms with van der Waals surface area (Å²) in [6.07, 6.45) is -2.74. The number of aliphatic hydroxyl groups is 1. The number of pyridine rings is 1. The van der Waals surface area contributed by atoms with Gasteiger partial charge in [0.1, 0.15) is 0 Å². The molecule has 0 aliphatic carbocycles. The number of halogens is 3. The van der Waals surface area contributed by atoms with Crippen LogP contribution >= 0.6 is 0 Å². The maximum atomic E-state index is 12.8. The molecule has 0 radical (unpaired) electrons. The van der Waals surface area contributed by atoms with Crippen molar-refractivity contribution >= 4 is 12.6 Å². The Morgan fingerprint density at radius 1 is 1.20 bits per heavy atom. The fourth-order valence-electron chi connectivity index (χ4n) is 1.35. The normalized spacial score (nSPS) is 13.4. The molecule has 0 fully saturated rings. The van der Waals surface area contributed by atoms with Crippen molar-refractivity contribution in [2.24, 2.45) is 0 Å². The van der Waals surface area contributed by atoms with E-state index in [4.69, 9.17) is 4.65 Å². The zero-order valence-corrected chi connectivity index (χ0v) is 11.7. The van der Waals surface area contributed by atoms with E-state index in [1.807, 2.05) is 0 Å². The van der Waals surface area contributed by atoms with Gasteiger partial charge in [-0.05, 0) is 33.8 Å². The Morgan fingerprint density at radius 2 is 1.75 bits per heavy atom. The minimum absolute atomic E-state index is 0.489. The molecule has 0 spiro atoms. The van der Waals surface area contributed by atoms with Crippen molar-refractivity contribution in [1.82, 2.24) is 4.98 Å². The van der Waals surface area contributed by atoms with Crippen LogP contribution in [0.1, 0.15) is 33.3 Å². The van der Waals surface area contributed by atoms with Gasteiger partial charge in [-0.15, -0.1) is 0 Å². The predicted molar refractivity (Wildman–Crippen MR) is 68.3 cm³/mol. The van der Waals surface area contributed by atoms with E-state index in [9.17, 15) is 23.3 Å². The Balaban J connectivity index is 3.09. The van der Waals surface area contributed by atoms with E-state index in [-0.39, 0.29) is 0 Å². The third-order valence-electron chi connectivity index (χ3n) is 3.30. The highest BCUT2D eigenvalue weighted by molar-refractivity contribution is 6.60. The van der Waals surface area contributed by atoms with Gasteiger partial charge in [0.25, 0.3) is 0 Å². The second-order valence-corrected chi connectivity index (χ2v) is 5.50. The lowest BCUT2D eigenvalue weighted by Gasteiger charge is -2.38. The van der Waals surface area contributed by atoms with Crippen LogP contribution in [-0.4, -0.2) is 33.4 Å². The van der Waals surface area contributed by atoms with E-state index in [2.05, 4.69) is 4.98 Å². The molecule has 1 aromatic rings. The maximum absolute atomic E-state index is 12.8. The summed E-state index contributed by atoms with van der Waals surface area (Å²) in [5.74, 6) is 0. The highest BCUT2D eigenvalue weighted by Gasteiger charge is 2.43. The lowest BCUT2D eigenvalue weighted by atomic mass is 9.75. The lowest BCUT2D eigenvalue weighted by Crippen LogP contribution is -2.54. The number of hydrogen-bond donors (Lipinski definition) is 2. The Labute approximate surface area is 115 Å². The molecule has 20 heavy (non-hydrogen) atoms. The Morgan fingerprint density at radius 3 is 2.20 bits per heavy atom. The fraction of sp³-hybridized carbons (Fsp3) is 0.583. The number of nitrogens with zero attached hydrogens (tertiary/aromatic N) is 1. The summed E-state index contributed by atoms with van der Waals surface area (Å²) in [5, 5.41) is 19.8. The molecule has 0 saturated carbocycles. The van der Waals surface area contributed by atoms with Crippen LogP contribution < -0.4 is 5.46 Å². The zero-order valence-electron chi connectivity index (χ0n) is 11.7. The zero-order chi connectivity index (χ0) is 15.8. The number of rotatable bonds is 4. The van der Waals surface area contributed by atoms with Gasteiger partial charge in [-0.1, -0.05) is 0 Å². The molecule has 0 aromatic carbocycles. The predicted octanol–water partition coefficient (Wildman–Crippen LogP) is 1.35. The minimum Gasteiger partial charge on any atom is -0.423 e. The fourth-order valence-corrected chi connectivity index (χ4v) is 1.35. The van der Waals surface area contributed by atoms with Gasteiger partial charge in [0.15, 0.2) is 0 Å². The minimum atomic E-state index is -4.62. The third-order valence-corrected chi connectivity index (χ3v) is 3.30. The van der Waals surface area contributed by atoms with Crippen LogP contribution in [0.4, 0.5) is 13.2 Å². The van der Waals surface area contributed by atoms with Gasteiger partial charge in [-0.25, -0.2) is 0 Å². The molecule has 2 N–H and O–H groups in total. The van der Waals surface area contributed by atoms with Crippen molar-refractivity contribution in [2.45, 2.75) is 45.1 Å². The first-order valence-electron chi connectivity index (χ1n) is 5.95. The second-order valence-electron chi connectivity index (χ2n) is 5.50. The first-order valence-corrected chi connectivity index (χ1v) is 5.95. The number of hydrogen-bond acceptors (Lipinski definition) is 4. The van der Waals surface area contributed by atoms with E-state index < -0.39 is 35.5 Å². The quantitative estimate of drug-likeness (QED) is 0.822. The van der Waals surface area contributed by atoms with E-state index >= 15 is 0 Å². The highest BCUT2D eigenvalue weighted by atomic mass is 19.4. The summed E-state index contributed by atoms with van der Waals surface area (Å²) < 4.78 is 43.7. The van der Waals surface area contributed by atoms with Crippen LogP contribution in [-0.2, 0) is 10.8 Å². The summed E-state index contributed by atoms with van der Waals surface area (Å²) in [4.78, 5) is 3.57. The highest BCUT2D eigenvalue weighted by Crippen LogP contribution is 2.29. The standard InChI is InChI=1S/C12H17BF3NO3/c1-10(2,18)11(3,4)20-13(19)9-7-17-6-5-8(9)12(14,15)16/h5-7,18-19H,1-4H3. The molecule has 0 atom stereocenters. The molecule has 112 valence electrons. The summed E-state index contributed by atoms with van der Waals surface area (Å²) in [6.45, 7) is 5.82. The molecular weight excluding hydrogens is 274 g/mol. The van der Waals surface area contributed by atoms with Crippen LogP contribution in [0.2, 0.25) is 0 Å². The molecule has 0 amide bonds. The van der Waals surface area contributed by atoms with E-state index in [0.717, 1.165) is 18.5 Å². The Bertz CT molecular complexity index is 472. The maximum Gasteiger partial charge on any atom is 0.493 e. The van der Waals surface area contributed by atoms with Gasteiger partial charge < -0.3 is 14.8 Å². The first-order chi connectivity index (χ1) is 8.86. The molecule has 0 aliphatic heterocycles. The smallest absolute Gasteiger partial charge is 0.423 e. The lowest BCUT2D eigenvalue weighted by molar-refractivity contribution is -0.137. The number of alkyl halides is 3. The van der Waals surface area contributed by atoms with Gasteiger partial charge in [0.2, 0.25) is 0 Å². The van der Waals surface area contributed by atoms with Crippen LogP contribution in [0.25, 0.3) is 0 Å². The van der Waals surface area contributed by atoms with Crippen LogP contribution in [0.3, 0.4) is 0 Å². The molecule has 8 heteroatoms. The van der Waals surface area contributed by atoms with Crippen molar-refractivity contribution in [3.8, 4) is 0 Å². The molecular formula is C12H17BF3NO3. The first kappa shape index (κ1) is 16.9. The van der Waals surface area contributed by atoms with E-state index in [0.29, 0.717) is 0 Å². The molecule has 1 rings (SSSR count). The largest absolute Gasteiger partial charge is 0.493 e. The van der Waals surface area contributed by atoms with Crippen molar-refractivity contribution in [3.05, 3.63) is 24.0 Å². The number of aromatic nitrogens is 1. The SMILES string of the molecule is CC(C)(O)C(C)(C)OB(O)c1cnccc1C(F)(F)F. The summed E-state index contributed by atoms with van der Waals surface area (Å²) in [7, 11) is -1.85. The monoisotopic (exact) mass is 291 g/mol. The van der Waals surface area contributed by atoms with Crippen LogP contribution in [0.5, 0.6) is 0 Å². The second kappa shape index (κ2) is 5.35. The summed E-state index contributed by atoms with van der Waals surface area (Å²) >= 11 is 0. The van der Waals surface area contributed by atoms with Gasteiger partial charge in [0.05, 0.1) is 16.8 Å². The molecule has 0 saturated heterocycles. The van der Waals surface area contributed by atoms with Crippen LogP contribution in [0.15, 0.2) is 18.5 Å². The van der Waals surface area contributed by atoms with Gasteiger partial charge >= 0.3 is 13.3 Å². The van der Waals surface area contributed by atoms with Gasteiger partial charge in [-0.2, -0.15) is 13.2 Å². The van der Waals surface area contributed by atoms with Crippen LogP contribution in [0, 0.1) is 0 Å². The molecule has 1 heterocycles. The molecule has 4 nitrogen and oxygen atoms in total. The van der Waals surface area contributed by atoms with Gasteiger partial charge in [-0.3, -0.25) is 4.98 Å². The average Bonchev–Trinajstić information content (AvgIpc) is 2.25. The topological polar surface area (TPSA) is 62.6 Å². The van der Waals surface area contributed by atoms with Crippen molar-refractivity contribution in [2.75, 3.05) is 0 Å². The Kier molecular flexibility index (Phi) is 4.53. The molecule has 0 aliphatic rings.